The zero-order valence-corrected chi connectivity index (χ0v) is 10.6. The van der Waals surface area contributed by atoms with Gasteiger partial charge in [0.2, 0.25) is 0 Å². The Morgan fingerprint density at radius 1 is 1.30 bits per heavy atom. The molecule has 1 unspecified atom stereocenters. The van der Waals surface area contributed by atoms with Crippen molar-refractivity contribution in [2.45, 2.75) is 19.3 Å². The Morgan fingerprint density at radius 3 is 2.60 bits per heavy atom. The average molecular weight is 286 g/mol. The third-order valence-corrected chi connectivity index (χ3v) is 2.80. The van der Waals surface area contributed by atoms with Crippen LogP contribution in [0.3, 0.4) is 0 Å². The average Bonchev–Trinajstić information content (AvgIpc) is 2.75. The predicted octanol–water partition coefficient (Wildman–Crippen LogP) is 3.04. The molecule has 0 aliphatic heterocycles. The van der Waals surface area contributed by atoms with Crippen LogP contribution in [-0.4, -0.2) is 6.36 Å². The van der Waals surface area contributed by atoms with Crippen LogP contribution in [-0.2, 0) is 0 Å². The molecule has 108 valence electrons. The maximum Gasteiger partial charge on any atom is 0.573 e. The molecule has 7 heteroatoms. The third kappa shape index (κ3) is 3.31. The van der Waals surface area contributed by atoms with Crippen molar-refractivity contribution in [3.8, 4) is 5.75 Å². The highest BCUT2D eigenvalue weighted by molar-refractivity contribution is 5.37. The molecule has 2 aromatic rings. The second-order valence-electron chi connectivity index (χ2n) is 4.15. The summed E-state index contributed by atoms with van der Waals surface area (Å²) in [5.41, 5.74) is 3.84. The van der Waals surface area contributed by atoms with Crippen molar-refractivity contribution >= 4 is 0 Å². The Labute approximate surface area is 113 Å². The van der Waals surface area contributed by atoms with Gasteiger partial charge in [-0.05, 0) is 30.7 Å². The molecular formula is C13H13F3N2O2. The number of hydrogen-bond acceptors (Lipinski definition) is 4. The zero-order chi connectivity index (χ0) is 14.8. The fraction of sp³-hybridized carbons (Fsp3) is 0.231. The van der Waals surface area contributed by atoms with E-state index in [1.807, 2.05) is 0 Å². The maximum atomic E-state index is 12.2. The van der Waals surface area contributed by atoms with E-state index in [-0.39, 0.29) is 5.75 Å². The normalized spacial score (nSPS) is 13.2. The smallest absolute Gasteiger partial charge is 0.469 e. The second-order valence-corrected chi connectivity index (χ2v) is 4.15. The highest BCUT2D eigenvalue weighted by atomic mass is 19.4. The Hall–Kier alpha value is -1.99. The van der Waals surface area contributed by atoms with Gasteiger partial charge in [0.05, 0.1) is 12.3 Å². The van der Waals surface area contributed by atoms with Gasteiger partial charge in [-0.15, -0.1) is 13.2 Å². The van der Waals surface area contributed by atoms with Gasteiger partial charge < -0.3 is 9.15 Å². The predicted molar refractivity (Wildman–Crippen MR) is 65.7 cm³/mol. The van der Waals surface area contributed by atoms with Crippen LogP contribution in [0.5, 0.6) is 5.75 Å². The Bertz CT molecular complexity index is 581. The van der Waals surface area contributed by atoms with Crippen molar-refractivity contribution in [1.82, 2.24) is 5.43 Å². The lowest BCUT2D eigenvalue weighted by Crippen LogP contribution is -2.29. The summed E-state index contributed by atoms with van der Waals surface area (Å²) >= 11 is 0. The number of hydrogen-bond donors (Lipinski definition) is 2. The van der Waals surface area contributed by atoms with Crippen LogP contribution in [0.1, 0.15) is 22.9 Å². The molecule has 2 rings (SSSR count). The lowest BCUT2D eigenvalue weighted by atomic mass is 10.00. The number of nitrogens with one attached hydrogen (secondary N) is 1. The molecule has 20 heavy (non-hydrogen) atoms. The van der Waals surface area contributed by atoms with E-state index in [4.69, 9.17) is 10.3 Å². The molecule has 1 atom stereocenters. The first-order valence-corrected chi connectivity index (χ1v) is 5.76. The van der Waals surface area contributed by atoms with Gasteiger partial charge in [0.15, 0.2) is 0 Å². The summed E-state index contributed by atoms with van der Waals surface area (Å²) in [6, 6.07) is 6.86. The van der Waals surface area contributed by atoms with E-state index in [9.17, 15) is 13.2 Å². The number of aryl methyl sites for hydroxylation is 1. The molecule has 0 amide bonds. The van der Waals surface area contributed by atoms with Gasteiger partial charge in [0, 0.05) is 5.56 Å². The van der Waals surface area contributed by atoms with Crippen molar-refractivity contribution in [1.29, 1.82) is 0 Å². The van der Waals surface area contributed by atoms with Gasteiger partial charge >= 0.3 is 6.36 Å². The van der Waals surface area contributed by atoms with E-state index in [1.165, 1.54) is 24.5 Å². The summed E-state index contributed by atoms with van der Waals surface area (Å²) in [6.45, 7) is 1.75. The lowest BCUT2D eigenvalue weighted by Gasteiger charge is -2.17. The number of rotatable bonds is 4. The largest absolute Gasteiger partial charge is 0.573 e. The molecule has 1 aromatic heterocycles. The quantitative estimate of drug-likeness (QED) is 0.670. The number of alkyl halides is 3. The monoisotopic (exact) mass is 286 g/mol. The van der Waals surface area contributed by atoms with E-state index in [0.29, 0.717) is 11.3 Å². The molecule has 0 saturated heterocycles. The van der Waals surface area contributed by atoms with Gasteiger partial charge in [0.1, 0.15) is 11.5 Å². The van der Waals surface area contributed by atoms with Gasteiger partial charge in [0.25, 0.3) is 0 Å². The first-order chi connectivity index (χ1) is 9.40. The van der Waals surface area contributed by atoms with Crippen LogP contribution < -0.4 is 16.0 Å². The zero-order valence-electron chi connectivity index (χ0n) is 10.6. The van der Waals surface area contributed by atoms with Gasteiger partial charge in [-0.3, -0.25) is 5.84 Å². The topological polar surface area (TPSA) is 60.4 Å². The molecule has 1 aromatic carbocycles. The van der Waals surface area contributed by atoms with Crippen molar-refractivity contribution in [3.05, 3.63) is 53.5 Å². The second kappa shape index (κ2) is 5.56. The minimum atomic E-state index is -4.73. The number of ether oxygens (including phenoxy) is 1. The Kier molecular flexibility index (Phi) is 4.01. The van der Waals surface area contributed by atoms with Crippen molar-refractivity contribution in [3.63, 3.8) is 0 Å². The molecule has 4 nitrogen and oxygen atoms in total. The van der Waals surface area contributed by atoms with Crippen molar-refractivity contribution < 1.29 is 22.3 Å². The lowest BCUT2D eigenvalue weighted by molar-refractivity contribution is -0.274. The van der Waals surface area contributed by atoms with Crippen LogP contribution in [0, 0.1) is 6.92 Å². The fourth-order valence-corrected chi connectivity index (χ4v) is 1.95. The summed E-state index contributed by atoms with van der Waals surface area (Å²) in [5, 5.41) is 0. The standard InChI is InChI=1S/C13H13F3N2O2/c1-8-11(5-6-19-8)12(18-17)9-3-2-4-10(7-9)20-13(14,15)16/h2-7,12,18H,17H2,1H3. The number of halogens is 3. The number of benzene rings is 1. The van der Waals surface area contributed by atoms with Gasteiger partial charge in [-0.2, -0.15) is 0 Å². The molecule has 1 heterocycles. The molecule has 0 spiro atoms. The first kappa shape index (κ1) is 14.4. The van der Waals surface area contributed by atoms with E-state index in [2.05, 4.69) is 10.2 Å². The SMILES string of the molecule is Cc1occc1C(NN)c1cccc(OC(F)(F)F)c1. The van der Waals surface area contributed by atoms with Crippen LogP contribution in [0.15, 0.2) is 41.0 Å². The van der Waals surface area contributed by atoms with Crippen molar-refractivity contribution in [2.75, 3.05) is 0 Å². The van der Waals surface area contributed by atoms with Crippen LogP contribution >= 0.6 is 0 Å². The van der Waals surface area contributed by atoms with E-state index in [1.54, 1.807) is 19.1 Å². The van der Waals surface area contributed by atoms with E-state index in [0.717, 1.165) is 5.56 Å². The van der Waals surface area contributed by atoms with E-state index < -0.39 is 12.4 Å². The maximum absolute atomic E-state index is 12.2. The van der Waals surface area contributed by atoms with Crippen LogP contribution in [0.4, 0.5) is 13.2 Å². The Morgan fingerprint density at radius 2 is 2.05 bits per heavy atom. The summed E-state index contributed by atoms with van der Waals surface area (Å²) < 4.78 is 45.7. The molecule has 0 saturated carbocycles. The summed E-state index contributed by atoms with van der Waals surface area (Å²) in [4.78, 5) is 0. The third-order valence-electron chi connectivity index (χ3n) is 2.80. The summed E-state index contributed by atoms with van der Waals surface area (Å²) in [5.74, 6) is 5.83. The summed E-state index contributed by atoms with van der Waals surface area (Å²) in [6.07, 6.45) is -3.24. The molecule has 3 N–H and O–H groups in total. The summed E-state index contributed by atoms with van der Waals surface area (Å²) in [7, 11) is 0. The molecule has 0 aliphatic carbocycles. The minimum absolute atomic E-state index is 0.295. The molecule has 0 radical (unpaired) electrons. The van der Waals surface area contributed by atoms with Gasteiger partial charge in [-0.25, -0.2) is 5.43 Å². The fourth-order valence-electron chi connectivity index (χ4n) is 1.95. The van der Waals surface area contributed by atoms with Crippen LogP contribution in [0.25, 0.3) is 0 Å². The van der Waals surface area contributed by atoms with Gasteiger partial charge in [-0.1, -0.05) is 12.1 Å². The number of nitrogens with two attached hydrogens (primary N) is 1. The van der Waals surface area contributed by atoms with Crippen LogP contribution in [0.2, 0.25) is 0 Å². The minimum Gasteiger partial charge on any atom is -0.469 e. The number of furan rings is 1. The molecular weight excluding hydrogens is 273 g/mol. The number of hydrazine groups is 1. The van der Waals surface area contributed by atoms with Crippen molar-refractivity contribution in [2.24, 2.45) is 5.84 Å². The highest BCUT2D eigenvalue weighted by Gasteiger charge is 2.31. The molecule has 0 bridgehead atoms. The molecule has 0 fully saturated rings. The first-order valence-electron chi connectivity index (χ1n) is 5.76. The molecule has 0 aliphatic rings. The van der Waals surface area contributed by atoms with E-state index >= 15 is 0 Å². The Balaban J connectivity index is 2.32. The highest BCUT2D eigenvalue weighted by Crippen LogP contribution is 2.29.